The fourth-order valence-electron chi connectivity index (χ4n) is 3.88. The summed E-state index contributed by atoms with van der Waals surface area (Å²) in [7, 11) is 0. The van der Waals surface area contributed by atoms with Gasteiger partial charge in [0.1, 0.15) is 11.6 Å². The van der Waals surface area contributed by atoms with E-state index in [9.17, 15) is 8.78 Å². The summed E-state index contributed by atoms with van der Waals surface area (Å²) in [6, 6.07) is 4.10. The maximum absolute atomic E-state index is 13.7. The molecular weight excluding hydrogens is 489 g/mol. The lowest BCUT2D eigenvalue weighted by Gasteiger charge is -2.34. The molecule has 1 atom stereocenters. The van der Waals surface area contributed by atoms with E-state index >= 15 is 0 Å². The standard InChI is InChI=1S/C21H32F2N4O.HI/c1-2-24-21(25-9-5-17-3-4-18(22)13-20(17)23)26-19-6-10-27(11-7-19)14-16-8-12-28-15-16;/h3-4,13,16,19H,2,5-12,14-15H2,1H3,(H2,24,25,26);1H. The molecule has 8 heteroatoms. The molecule has 1 aromatic rings. The van der Waals surface area contributed by atoms with Gasteiger partial charge >= 0.3 is 0 Å². The molecule has 0 radical (unpaired) electrons. The number of nitrogens with one attached hydrogen (secondary N) is 2. The second kappa shape index (κ2) is 12.6. The van der Waals surface area contributed by atoms with Crippen molar-refractivity contribution in [2.24, 2.45) is 10.9 Å². The maximum Gasteiger partial charge on any atom is 0.191 e. The molecule has 0 amide bonds. The van der Waals surface area contributed by atoms with Crippen LogP contribution >= 0.6 is 24.0 Å². The summed E-state index contributed by atoms with van der Waals surface area (Å²) in [6.07, 6.45) is 3.81. The minimum Gasteiger partial charge on any atom is -0.381 e. The van der Waals surface area contributed by atoms with Gasteiger partial charge in [-0.05, 0) is 50.2 Å². The summed E-state index contributed by atoms with van der Waals surface area (Å²) >= 11 is 0. The average Bonchev–Trinajstić information content (AvgIpc) is 3.18. The van der Waals surface area contributed by atoms with Crippen LogP contribution in [0.5, 0.6) is 0 Å². The number of ether oxygens (including phenoxy) is 1. The molecule has 0 saturated carbocycles. The van der Waals surface area contributed by atoms with Gasteiger partial charge in [-0.15, -0.1) is 24.0 Å². The third-order valence-corrected chi connectivity index (χ3v) is 5.48. The van der Waals surface area contributed by atoms with Crippen LogP contribution in [0.2, 0.25) is 0 Å². The molecule has 5 nitrogen and oxygen atoms in total. The predicted octanol–water partition coefficient (Wildman–Crippen LogP) is 3.18. The first-order valence-corrected chi connectivity index (χ1v) is 10.4. The Morgan fingerprint density at radius 2 is 2.03 bits per heavy atom. The van der Waals surface area contributed by atoms with E-state index in [1.807, 2.05) is 6.92 Å². The zero-order chi connectivity index (χ0) is 19.8. The minimum absolute atomic E-state index is 0. The summed E-state index contributed by atoms with van der Waals surface area (Å²) in [6.45, 7) is 8.41. The number of benzene rings is 1. The Hall–Kier alpha value is -1.00. The van der Waals surface area contributed by atoms with Crippen LogP contribution in [0, 0.1) is 17.6 Å². The topological polar surface area (TPSA) is 48.9 Å². The highest BCUT2D eigenvalue weighted by Crippen LogP contribution is 2.17. The van der Waals surface area contributed by atoms with Gasteiger partial charge in [-0.3, -0.25) is 4.99 Å². The number of rotatable bonds is 7. The van der Waals surface area contributed by atoms with E-state index in [0.29, 0.717) is 30.5 Å². The Morgan fingerprint density at radius 1 is 1.24 bits per heavy atom. The molecule has 0 aromatic heterocycles. The first-order chi connectivity index (χ1) is 13.6. The number of aliphatic imine (C=N–C) groups is 1. The second-order valence-electron chi connectivity index (χ2n) is 7.70. The summed E-state index contributed by atoms with van der Waals surface area (Å²) in [5.74, 6) is 0.405. The zero-order valence-electron chi connectivity index (χ0n) is 17.1. The van der Waals surface area contributed by atoms with Gasteiger partial charge in [-0.1, -0.05) is 6.07 Å². The van der Waals surface area contributed by atoms with E-state index in [4.69, 9.17) is 4.74 Å². The number of halogens is 3. The molecule has 2 N–H and O–H groups in total. The first-order valence-electron chi connectivity index (χ1n) is 10.4. The van der Waals surface area contributed by atoms with Crippen molar-refractivity contribution in [3.8, 4) is 0 Å². The summed E-state index contributed by atoms with van der Waals surface area (Å²) < 4.78 is 32.2. The molecule has 2 fully saturated rings. The van der Waals surface area contributed by atoms with Crippen LogP contribution in [0.1, 0.15) is 31.7 Å². The summed E-state index contributed by atoms with van der Waals surface area (Å²) in [4.78, 5) is 7.11. The molecule has 2 heterocycles. The summed E-state index contributed by atoms with van der Waals surface area (Å²) in [5, 5.41) is 6.78. The van der Waals surface area contributed by atoms with Crippen LogP contribution in [-0.4, -0.2) is 62.8 Å². The Bertz CT molecular complexity index is 648. The van der Waals surface area contributed by atoms with E-state index in [0.717, 1.165) is 64.3 Å². The third kappa shape index (κ3) is 7.97. The van der Waals surface area contributed by atoms with Crippen molar-refractivity contribution in [2.75, 3.05) is 45.9 Å². The van der Waals surface area contributed by atoms with Crippen LogP contribution in [0.4, 0.5) is 8.78 Å². The number of guanidine groups is 1. The van der Waals surface area contributed by atoms with Crippen molar-refractivity contribution in [2.45, 2.75) is 38.6 Å². The van der Waals surface area contributed by atoms with Crippen LogP contribution < -0.4 is 10.6 Å². The molecule has 164 valence electrons. The molecule has 2 aliphatic heterocycles. The minimum atomic E-state index is -0.549. The molecule has 29 heavy (non-hydrogen) atoms. The Morgan fingerprint density at radius 3 is 2.69 bits per heavy atom. The van der Waals surface area contributed by atoms with Crippen LogP contribution in [-0.2, 0) is 11.2 Å². The number of piperidine rings is 1. The van der Waals surface area contributed by atoms with Gasteiger partial charge in [-0.2, -0.15) is 0 Å². The molecule has 0 aliphatic carbocycles. The van der Waals surface area contributed by atoms with E-state index < -0.39 is 11.6 Å². The highest BCUT2D eigenvalue weighted by Gasteiger charge is 2.24. The third-order valence-electron chi connectivity index (χ3n) is 5.48. The fraction of sp³-hybridized carbons (Fsp3) is 0.667. The quantitative estimate of drug-likeness (QED) is 0.328. The Balaban J connectivity index is 0.00000300. The normalized spacial score (nSPS) is 21.1. The molecule has 1 unspecified atom stereocenters. The van der Waals surface area contributed by atoms with E-state index in [-0.39, 0.29) is 24.0 Å². The lowest BCUT2D eigenvalue weighted by molar-refractivity contribution is 0.150. The Labute approximate surface area is 189 Å². The highest BCUT2D eigenvalue weighted by molar-refractivity contribution is 14.0. The van der Waals surface area contributed by atoms with Gasteiger partial charge in [0.15, 0.2) is 5.96 Å². The lowest BCUT2D eigenvalue weighted by atomic mass is 10.0. The second-order valence-corrected chi connectivity index (χ2v) is 7.70. The number of hydrogen-bond donors (Lipinski definition) is 2. The number of hydrogen-bond acceptors (Lipinski definition) is 3. The van der Waals surface area contributed by atoms with Crippen LogP contribution in [0.25, 0.3) is 0 Å². The largest absolute Gasteiger partial charge is 0.381 e. The van der Waals surface area contributed by atoms with Gasteiger partial charge in [-0.25, -0.2) is 8.78 Å². The van der Waals surface area contributed by atoms with Gasteiger partial charge < -0.3 is 20.3 Å². The fourth-order valence-corrected chi connectivity index (χ4v) is 3.88. The molecule has 1 aromatic carbocycles. The predicted molar refractivity (Wildman–Crippen MR) is 123 cm³/mol. The van der Waals surface area contributed by atoms with Crippen molar-refractivity contribution >= 4 is 29.9 Å². The van der Waals surface area contributed by atoms with Crippen LogP contribution in [0.3, 0.4) is 0 Å². The van der Waals surface area contributed by atoms with E-state index in [2.05, 4.69) is 20.5 Å². The molecule has 3 rings (SSSR count). The van der Waals surface area contributed by atoms with Crippen molar-refractivity contribution in [3.63, 3.8) is 0 Å². The molecular formula is C21H33F2IN4O. The van der Waals surface area contributed by atoms with Gasteiger partial charge in [0.05, 0.1) is 6.61 Å². The smallest absolute Gasteiger partial charge is 0.191 e. The zero-order valence-corrected chi connectivity index (χ0v) is 19.5. The molecule has 0 spiro atoms. The van der Waals surface area contributed by atoms with Gasteiger partial charge in [0.25, 0.3) is 0 Å². The van der Waals surface area contributed by atoms with Crippen molar-refractivity contribution < 1.29 is 13.5 Å². The highest BCUT2D eigenvalue weighted by atomic mass is 127. The van der Waals surface area contributed by atoms with Crippen molar-refractivity contribution in [1.82, 2.24) is 15.5 Å². The van der Waals surface area contributed by atoms with Crippen molar-refractivity contribution in [3.05, 3.63) is 35.4 Å². The number of likely N-dealkylation sites (tertiary alicyclic amines) is 1. The lowest BCUT2D eigenvalue weighted by Crippen LogP contribution is -2.49. The van der Waals surface area contributed by atoms with Crippen molar-refractivity contribution in [1.29, 1.82) is 0 Å². The van der Waals surface area contributed by atoms with Crippen LogP contribution in [0.15, 0.2) is 23.2 Å². The van der Waals surface area contributed by atoms with E-state index in [1.165, 1.54) is 18.6 Å². The number of nitrogens with zero attached hydrogens (tertiary/aromatic N) is 2. The molecule has 2 aliphatic rings. The molecule has 0 bridgehead atoms. The van der Waals surface area contributed by atoms with Gasteiger partial charge in [0.2, 0.25) is 0 Å². The average molecular weight is 522 g/mol. The SMILES string of the molecule is CCNC(=NCCc1ccc(F)cc1F)NC1CCN(CC2CCOC2)CC1.I. The first kappa shape index (κ1) is 24.3. The monoisotopic (exact) mass is 522 g/mol. The summed E-state index contributed by atoms with van der Waals surface area (Å²) in [5.41, 5.74) is 0.491. The maximum atomic E-state index is 13.7. The van der Waals surface area contributed by atoms with Gasteiger partial charge in [0, 0.05) is 51.4 Å². The molecule has 2 saturated heterocycles. The Kier molecular flexibility index (Phi) is 10.6. The van der Waals surface area contributed by atoms with E-state index in [1.54, 1.807) is 0 Å².